The normalized spacial score (nSPS) is 31.2. The number of nitrogens with two attached hydrogens (primary N) is 1. The molecule has 1 aliphatic rings. The van der Waals surface area contributed by atoms with E-state index < -0.39 is 5.54 Å². The highest BCUT2D eigenvalue weighted by Gasteiger charge is 2.41. The Kier molecular flexibility index (Phi) is 2.29. The van der Waals surface area contributed by atoms with E-state index >= 15 is 0 Å². The summed E-state index contributed by atoms with van der Waals surface area (Å²) in [6.07, 6.45) is 1.34. The number of rotatable bonds is 2. The van der Waals surface area contributed by atoms with E-state index in [-0.39, 0.29) is 18.3 Å². The molecule has 2 nitrogen and oxygen atoms in total. The molecule has 0 bridgehead atoms. The quantitative estimate of drug-likeness (QED) is 0.749. The van der Waals surface area contributed by atoms with E-state index in [0.717, 1.165) is 5.56 Å². The lowest BCUT2D eigenvalue weighted by atomic mass is 9.66. The SMILES string of the molecule is NC1(CO)CC(c2ccccc2F)C1. The maximum atomic E-state index is 13.3. The van der Waals surface area contributed by atoms with Crippen molar-refractivity contribution in [1.82, 2.24) is 0 Å². The van der Waals surface area contributed by atoms with E-state index in [1.54, 1.807) is 12.1 Å². The molecule has 1 saturated carbocycles. The molecule has 0 atom stereocenters. The van der Waals surface area contributed by atoms with Gasteiger partial charge in [-0.2, -0.15) is 0 Å². The van der Waals surface area contributed by atoms with E-state index in [9.17, 15) is 4.39 Å². The third kappa shape index (κ3) is 1.53. The van der Waals surface area contributed by atoms with Crippen LogP contribution in [-0.2, 0) is 0 Å². The summed E-state index contributed by atoms with van der Waals surface area (Å²) in [5.41, 5.74) is 6.05. The van der Waals surface area contributed by atoms with Gasteiger partial charge in [-0.25, -0.2) is 4.39 Å². The highest BCUT2D eigenvalue weighted by molar-refractivity contribution is 5.26. The molecular weight excluding hydrogens is 181 g/mol. The van der Waals surface area contributed by atoms with Crippen LogP contribution in [0.15, 0.2) is 24.3 Å². The number of benzene rings is 1. The molecule has 3 N–H and O–H groups in total. The Morgan fingerprint density at radius 1 is 1.43 bits per heavy atom. The van der Waals surface area contributed by atoms with Gasteiger partial charge in [0.25, 0.3) is 0 Å². The van der Waals surface area contributed by atoms with E-state index in [4.69, 9.17) is 10.8 Å². The van der Waals surface area contributed by atoms with E-state index in [1.807, 2.05) is 6.07 Å². The van der Waals surface area contributed by atoms with Crippen LogP contribution in [0.3, 0.4) is 0 Å². The summed E-state index contributed by atoms with van der Waals surface area (Å²) in [5, 5.41) is 8.96. The first-order valence-corrected chi connectivity index (χ1v) is 4.79. The van der Waals surface area contributed by atoms with Gasteiger partial charge in [0.15, 0.2) is 0 Å². The van der Waals surface area contributed by atoms with Crippen LogP contribution in [-0.4, -0.2) is 17.3 Å². The number of aliphatic hydroxyl groups is 1. The van der Waals surface area contributed by atoms with Gasteiger partial charge < -0.3 is 10.8 Å². The van der Waals surface area contributed by atoms with Crippen molar-refractivity contribution in [2.24, 2.45) is 5.73 Å². The van der Waals surface area contributed by atoms with E-state index in [0.29, 0.717) is 12.8 Å². The number of halogens is 1. The van der Waals surface area contributed by atoms with Gasteiger partial charge in [0.05, 0.1) is 6.61 Å². The lowest BCUT2D eigenvalue weighted by molar-refractivity contribution is 0.105. The zero-order valence-electron chi connectivity index (χ0n) is 7.91. The third-order valence-corrected chi connectivity index (χ3v) is 2.97. The molecule has 1 aromatic carbocycles. The van der Waals surface area contributed by atoms with Crippen molar-refractivity contribution in [1.29, 1.82) is 0 Å². The summed E-state index contributed by atoms with van der Waals surface area (Å²) in [4.78, 5) is 0. The van der Waals surface area contributed by atoms with Gasteiger partial charge >= 0.3 is 0 Å². The minimum atomic E-state index is -0.479. The van der Waals surface area contributed by atoms with Crippen molar-refractivity contribution in [2.75, 3.05) is 6.61 Å². The third-order valence-electron chi connectivity index (χ3n) is 2.97. The second kappa shape index (κ2) is 3.33. The molecule has 1 fully saturated rings. The van der Waals surface area contributed by atoms with Gasteiger partial charge in [-0.15, -0.1) is 0 Å². The first-order valence-electron chi connectivity index (χ1n) is 4.79. The summed E-state index contributed by atoms with van der Waals surface area (Å²) in [7, 11) is 0. The van der Waals surface area contributed by atoms with E-state index in [2.05, 4.69) is 0 Å². The first kappa shape index (κ1) is 9.62. The maximum absolute atomic E-state index is 13.3. The summed E-state index contributed by atoms with van der Waals surface area (Å²) in [5.74, 6) is 0.00541. The molecule has 0 radical (unpaired) electrons. The summed E-state index contributed by atoms with van der Waals surface area (Å²) >= 11 is 0. The van der Waals surface area contributed by atoms with Crippen molar-refractivity contribution >= 4 is 0 Å². The van der Waals surface area contributed by atoms with Gasteiger partial charge in [0.2, 0.25) is 0 Å². The topological polar surface area (TPSA) is 46.2 Å². The molecule has 0 unspecified atom stereocenters. The highest BCUT2D eigenvalue weighted by Crippen LogP contribution is 2.43. The van der Waals surface area contributed by atoms with Crippen molar-refractivity contribution in [2.45, 2.75) is 24.3 Å². The van der Waals surface area contributed by atoms with Gasteiger partial charge in [0.1, 0.15) is 5.82 Å². The van der Waals surface area contributed by atoms with Gasteiger partial charge in [-0.3, -0.25) is 0 Å². The standard InChI is InChI=1S/C11H14FNO/c12-10-4-2-1-3-9(10)8-5-11(13,6-8)7-14/h1-4,8,14H,5-7,13H2. The molecule has 1 aliphatic carbocycles. The molecule has 14 heavy (non-hydrogen) atoms. The highest BCUT2D eigenvalue weighted by atomic mass is 19.1. The average Bonchev–Trinajstić information content (AvgIpc) is 2.14. The van der Waals surface area contributed by atoms with Crippen LogP contribution in [0.5, 0.6) is 0 Å². The predicted octanol–water partition coefficient (Wildman–Crippen LogP) is 1.39. The average molecular weight is 195 g/mol. The van der Waals surface area contributed by atoms with Crippen molar-refractivity contribution in [3.63, 3.8) is 0 Å². The van der Waals surface area contributed by atoms with Crippen LogP contribution in [0.1, 0.15) is 24.3 Å². The minimum Gasteiger partial charge on any atom is -0.394 e. The molecule has 0 spiro atoms. The molecule has 1 aromatic rings. The first-order chi connectivity index (χ1) is 6.64. The van der Waals surface area contributed by atoms with Crippen LogP contribution >= 0.6 is 0 Å². The molecule has 3 heteroatoms. The van der Waals surface area contributed by atoms with Crippen LogP contribution in [0.2, 0.25) is 0 Å². The van der Waals surface area contributed by atoms with E-state index in [1.165, 1.54) is 6.07 Å². The molecule has 2 rings (SSSR count). The molecule has 0 amide bonds. The van der Waals surface area contributed by atoms with Crippen molar-refractivity contribution < 1.29 is 9.50 Å². The Hall–Kier alpha value is -0.930. The van der Waals surface area contributed by atoms with Crippen LogP contribution in [0.4, 0.5) is 4.39 Å². The zero-order chi connectivity index (χ0) is 10.2. The number of hydrogen-bond acceptors (Lipinski definition) is 2. The summed E-state index contributed by atoms with van der Waals surface area (Å²) < 4.78 is 13.3. The fourth-order valence-electron chi connectivity index (χ4n) is 2.08. The Morgan fingerprint density at radius 2 is 2.07 bits per heavy atom. The minimum absolute atomic E-state index is 0.0159. The van der Waals surface area contributed by atoms with Crippen molar-refractivity contribution in [3.05, 3.63) is 35.6 Å². The van der Waals surface area contributed by atoms with Crippen molar-refractivity contribution in [3.8, 4) is 0 Å². The zero-order valence-corrected chi connectivity index (χ0v) is 7.91. The van der Waals surface area contributed by atoms with Crippen LogP contribution in [0.25, 0.3) is 0 Å². The Balaban J connectivity index is 2.10. The fourth-order valence-corrected chi connectivity index (χ4v) is 2.08. The predicted molar refractivity (Wildman–Crippen MR) is 52.4 cm³/mol. The lowest BCUT2D eigenvalue weighted by Gasteiger charge is -2.44. The Labute approximate surface area is 82.5 Å². The fraction of sp³-hybridized carbons (Fsp3) is 0.455. The number of aliphatic hydroxyl groups excluding tert-OH is 1. The second-order valence-electron chi connectivity index (χ2n) is 4.15. The second-order valence-corrected chi connectivity index (χ2v) is 4.15. The summed E-state index contributed by atoms with van der Waals surface area (Å²) in [6.45, 7) is -0.0159. The molecule has 0 aliphatic heterocycles. The lowest BCUT2D eigenvalue weighted by Crippen LogP contribution is -2.53. The summed E-state index contributed by atoms with van der Waals surface area (Å²) in [6, 6.07) is 6.76. The van der Waals surface area contributed by atoms with Gasteiger partial charge in [-0.05, 0) is 30.4 Å². The van der Waals surface area contributed by atoms with Gasteiger partial charge in [-0.1, -0.05) is 18.2 Å². The van der Waals surface area contributed by atoms with Gasteiger partial charge in [0, 0.05) is 5.54 Å². The monoisotopic (exact) mass is 195 g/mol. The van der Waals surface area contributed by atoms with Crippen LogP contribution < -0.4 is 5.73 Å². The molecule has 0 saturated heterocycles. The maximum Gasteiger partial charge on any atom is 0.126 e. The Bertz CT molecular complexity index is 334. The molecular formula is C11H14FNO. The van der Waals surface area contributed by atoms with Crippen LogP contribution in [0, 0.1) is 5.82 Å². The Morgan fingerprint density at radius 3 is 2.64 bits per heavy atom. The number of hydrogen-bond donors (Lipinski definition) is 2. The smallest absolute Gasteiger partial charge is 0.126 e. The molecule has 76 valence electrons. The molecule has 0 heterocycles. The molecule has 0 aromatic heterocycles. The largest absolute Gasteiger partial charge is 0.394 e.